The highest BCUT2D eigenvalue weighted by Crippen LogP contribution is 2.48. The summed E-state index contributed by atoms with van der Waals surface area (Å²) in [6.45, 7) is 6.05. The summed E-state index contributed by atoms with van der Waals surface area (Å²) in [5.74, 6) is -2.20. The van der Waals surface area contributed by atoms with Crippen LogP contribution < -0.4 is 5.73 Å². The van der Waals surface area contributed by atoms with Crippen molar-refractivity contribution in [2.75, 3.05) is 6.79 Å². The number of thiocarbonyl (C=S) groups is 1. The molecule has 8 nitrogen and oxygen atoms in total. The molecule has 3 atom stereocenters. The van der Waals surface area contributed by atoms with Gasteiger partial charge in [0.1, 0.15) is 10.7 Å². The number of hydrogen-bond acceptors (Lipinski definition) is 8. The van der Waals surface area contributed by atoms with Crippen LogP contribution in [-0.2, 0) is 23.9 Å². The Morgan fingerprint density at radius 3 is 2.57 bits per heavy atom. The first-order valence-electron chi connectivity index (χ1n) is 9.42. The van der Waals surface area contributed by atoms with Crippen LogP contribution in [-0.4, -0.2) is 51.8 Å². The van der Waals surface area contributed by atoms with Gasteiger partial charge in [0.2, 0.25) is 12.7 Å². The van der Waals surface area contributed by atoms with E-state index in [0.717, 1.165) is 4.88 Å². The van der Waals surface area contributed by atoms with Crippen LogP contribution in [0.25, 0.3) is 5.57 Å². The van der Waals surface area contributed by atoms with E-state index in [0.29, 0.717) is 16.9 Å². The Morgan fingerprint density at radius 1 is 1.37 bits per heavy atom. The molecule has 162 valence electrons. The Kier molecular flexibility index (Phi) is 6.03. The number of esters is 2. The molecule has 1 aromatic heterocycles. The lowest BCUT2D eigenvalue weighted by Gasteiger charge is -2.44. The minimum absolute atomic E-state index is 0.102. The van der Waals surface area contributed by atoms with E-state index in [-0.39, 0.29) is 22.6 Å². The molecule has 0 spiro atoms. The number of amides is 1. The van der Waals surface area contributed by atoms with Crippen molar-refractivity contribution in [3.05, 3.63) is 27.6 Å². The van der Waals surface area contributed by atoms with Gasteiger partial charge in [0.05, 0.1) is 28.4 Å². The zero-order chi connectivity index (χ0) is 22.4. The standard InChI is InChI=1S/C20H24N2O6S2/c1-9(23)14-11-7-10(12-5-6-13(30-12)16(21)29)15(22(11)17(14)24)18(25)27-8-28-19(26)20(2,3)4/h5-6,9,11,14,23H,7-8H2,1-4H3,(H2,21,29)/t9-,11-,14-/m1/s1. The van der Waals surface area contributed by atoms with E-state index in [1.54, 1.807) is 39.8 Å². The fourth-order valence-corrected chi connectivity index (χ4v) is 4.64. The molecule has 3 rings (SSSR count). The summed E-state index contributed by atoms with van der Waals surface area (Å²) in [5.41, 5.74) is 5.68. The average Bonchev–Trinajstić information content (AvgIpc) is 3.23. The molecule has 0 saturated carbocycles. The molecule has 30 heavy (non-hydrogen) atoms. The molecule has 0 radical (unpaired) electrons. The highest BCUT2D eigenvalue weighted by Gasteiger charge is 2.57. The summed E-state index contributed by atoms with van der Waals surface area (Å²) < 4.78 is 10.2. The molecule has 1 amide bonds. The van der Waals surface area contributed by atoms with E-state index in [1.165, 1.54) is 16.2 Å². The summed E-state index contributed by atoms with van der Waals surface area (Å²) in [5, 5.41) is 9.96. The molecule has 3 N–H and O–H groups in total. The third-order valence-electron chi connectivity index (χ3n) is 5.06. The van der Waals surface area contributed by atoms with Crippen molar-refractivity contribution in [1.29, 1.82) is 0 Å². The first-order chi connectivity index (χ1) is 13.9. The number of aliphatic hydroxyl groups excluding tert-OH is 1. The van der Waals surface area contributed by atoms with Gasteiger partial charge in [0.15, 0.2) is 0 Å². The van der Waals surface area contributed by atoms with Crippen LogP contribution >= 0.6 is 23.6 Å². The van der Waals surface area contributed by atoms with E-state index < -0.39 is 36.2 Å². The highest BCUT2D eigenvalue weighted by atomic mass is 32.1. The number of β-lactam (4-membered cyclic amide) rings is 1. The zero-order valence-electron chi connectivity index (χ0n) is 17.1. The second kappa shape index (κ2) is 8.09. The van der Waals surface area contributed by atoms with Crippen LogP contribution in [0.2, 0.25) is 0 Å². The van der Waals surface area contributed by atoms with Gasteiger partial charge in [-0.1, -0.05) is 12.2 Å². The van der Waals surface area contributed by atoms with Gasteiger partial charge in [0, 0.05) is 10.5 Å². The molecule has 3 heterocycles. The van der Waals surface area contributed by atoms with Crippen LogP contribution in [0, 0.1) is 11.3 Å². The number of nitrogens with zero attached hydrogens (tertiary/aromatic N) is 1. The van der Waals surface area contributed by atoms with Crippen LogP contribution in [0.3, 0.4) is 0 Å². The highest BCUT2D eigenvalue weighted by molar-refractivity contribution is 7.81. The summed E-state index contributed by atoms with van der Waals surface area (Å²) in [6, 6.07) is 3.21. The van der Waals surface area contributed by atoms with Crippen LogP contribution in [0.1, 0.15) is 43.9 Å². The van der Waals surface area contributed by atoms with Crippen LogP contribution in [0.15, 0.2) is 17.8 Å². The van der Waals surface area contributed by atoms with Crippen molar-refractivity contribution in [3.63, 3.8) is 0 Å². The largest absolute Gasteiger partial charge is 0.427 e. The van der Waals surface area contributed by atoms with Gasteiger partial charge in [-0.2, -0.15) is 0 Å². The number of carbonyl (C=O) groups excluding carboxylic acids is 3. The fourth-order valence-electron chi connectivity index (χ4n) is 3.53. The minimum Gasteiger partial charge on any atom is -0.427 e. The molecule has 1 aromatic rings. The quantitative estimate of drug-likeness (QED) is 0.290. The van der Waals surface area contributed by atoms with Crippen molar-refractivity contribution in [3.8, 4) is 0 Å². The lowest BCUT2D eigenvalue weighted by atomic mass is 9.83. The number of nitrogens with two attached hydrogens (primary N) is 1. The summed E-state index contributed by atoms with van der Waals surface area (Å²) in [6.07, 6.45) is -0.441. The summed E-state index contributed by atoms with van der Waals surface area (Å²) in [4.78, 5) is 40.3. The molecule has 1 saturated heterocycles. The first-order valence-corrected chi connectivity index (χ1v) is 10.6. The maximum Gasteiger partial charge on any atom is 0.358 e. The smallest absolute Gasteiger partial charge is 0.358 e. The van der Waals surface area contributed by atoms with Crippen molar-refractivity contribution in [2.45, 2.75) is 46.3 Å². The minimum atomic E-state index is -0.835. The van der Waals surface area contributed by atoms with E-state index in [4.69, 9.17) is 27.4 Å². The van der Waals surface area contributed by atoms with Crippen molar-refractivity contribution < 1.29 is 29.0 Å². The van der Waals surface area contributed by atoms with E-state index in [2.05, 4.69) is 0 Å². The van der Waals surface area contributed by atoms with E-state index in [1.807, 2.05) is 0 Å². The van der Waals surface area contributed by atoms with E-state index in [9.17, 15) is 19.5 Å². The molecule has 10 heteroatoms. The van der Waals surface area contributed by atoms with Crippen LogP contribution in [0.5, 0.6) is 0 Å². The molecule has 0 aromatic carbocycles. The third-order valence-corrected chi connectivity index (χ3v) is 6.59. The molecule has 2 aliphatic heterocycles. The summed E-state index contributed by atoms with van der Waals surface area (Å²) in [7, 11) is 0. The monoisotopic (exact) mass is 452 g/mol. The molecule has 0 aliphatic carbocycles. The van der Waals surface area contributed by atoms with Gasteiger partial charge in [-0.25, -0.2) is 4.79 Å². The SMILES string of the molecule is C[C@@H](O)[C@H]1C(=O)N2C(C(=O)OCOC(=O)C(C)(C)C)=C(c3ccc(C(N)=S)s3)C[C@H]12. The maximum atomic E-state index is 12.8. The number of fused-ring (bicyclic) bond motifs is 1. The van der Waals surface area contributed by atoms with Gasteiger partial charge in [-0.3, -0.25) is 9.59 Å². The van der Waals surface area contributed by atoms with Crippen molar-refractivity contribution >= 4 is 52.0 Å². The van der Waals surface area contributed by atoms with Gasteiger partial charge in [0.25, 0.3) is 0 Å². The third kappa shape index (κ3) is 3.99. The van der Waals surface area contributed by atoms with E-state index >= 15 is 0 Å². The zero-order valence-corrected chi connectivity index (χ0v) is 18.8. The predicted molar refractivity (Wildman–Crippen MR) is 114 cm³/mol. The number of thiophene rings is 1. The Bertz CT molecular complexity index is 943. The number of rotatable bonds is 6. The Labute approximate surface area is 183 Å². The second-order valence-corrected chi connectivity index (χ2v) is 9.86. The van der Waals surface area contributed by atoms with Crippen molar-refractivity contribution in [2.24, 2.45) is 17.1 Å². The molecular weight excluding hydrogens is 428 g/mol. The predicted octanol–water partition coefficient (Wildman–Crippen LogP) is 1.79. The Balaban J connectivity index is 1.85. The van der Waals surface area contributed by atoms with Gasteiger partial charge < -0.3 is 25.2 Å². The molecule has 0 unspecified atom stereocenters. The normalized spacial score (nSPS) is 21.8. The molecule has 2 aliphatic rings. The maximum absolute atomic E-state index is 12.8. The van der Waals surface area contributed by atoms with Gasteiger partial charge >= 0.3 is 11.9 Å². The molecule has 1 fully saturated rings. The number of aliphatic hydroxyl groups is 1. The average molecular weight is 453 g/mol. The second-order valence-electron chi connectivity index (χ2n) is 8.33. The molecular formula is C20H24N2O6S2. The molecule has 0 bridgehead atoms. The van der Waals surface area contributed by atoms with Crippen LogP contribution in [0.4, 0.5) is 0 Å². The summed E-state index contributed by atoms with van der Waals surface area (Å²) >= 11 is 6.32. The van der Waals surface area contributed by atoms with Crippen molar-refractivity contribution in [1.82, 2.24) is 4.90 Å². The topological polar surface area (TPSA) is 119 Å². The first kappa shape index (κ1) is 22.4. The van der Waals surface area contributed by atoms with Gasteiger partial charge in [-0.05, 0) is 46.2 Å². The Morgan fingerprint density at radius 2 is 2.03 bits per heavy atom. The number of ether oxygens (including phenoxy) is 2. The van der Waals surface area contributed by atoms with Gasteiger partial charge in [-0.15, -0.1) is 11.3 Å². The Hall–Kier alpha value is -2.30. The lowest BCUT2D eigenvalue weighted by Crippen LogP contribution is -2.61. The number of carbonyl (C=O) groups is 3. The number of hydrogen-bond donors (Lipinski definition) is 2. The fraction of sp³-hybridized carbons (Fsp3) is 0.500. The lowest BCUT2D eigenvalue weighted by molar-refractivity contribution is -0.175.